The molecule has 110 valence electrons. The third kappa shape index (κ3) is 4.33. The van der Waals surface area contributed by atoms with Gasteiger partial charge in [0.25, 0.3) is 0 Å². The van der Waals surface area contributed by atoms with Gasteiger partial charge in [-0.25, -0.2) is 0 Å². The molecule has 2 nitrogen and oxygen atoms in total. The molecule has 2 heteroatoms. The maximum atomic E-state index is 5.92. The second kappa shape index (κ2) is 7.28. The SMILES string of the molecule is c1ccc(Cc2ccc(OCC3CCNCC3)cc2)cc1. The van der Waals surface area contributed by atoms with Gasteiger partial charge in [0.05, 0.1) is 6.61 Å². The van der Waals surface area contributed by atoms with E-state index < -0.39 is 0 Å². The first kappa shape index (κ1) is 14.2. The van der Waals surface area contributed by atoms with E-state index in [-0.39, 0.29) is 0 Å². The first-order valence-corrected chi connectivity index (χ1v) is 7.86. The van der Waals surface area contributed by atoms with Crippen molar-refractivity contribution in [2.24, 2.45) is 5.92 Å². The van der Waals surface area contributed by atoms with E-state index in [1.165, 1.54) is 24.0 Å². The Balaban J connectivity index is 1.51. The van der Waals surface area contributed by atoms with Crippen molar-refractivity contribution in [2.45, 2.75) is 19.3 Å². The predicted molar refractivity (Wildman–Crippen MR) is 86.8 cm³/mol. The largest absolute Gasteiger partial charge is 0.493 e. The van der Waals surface area contributed by atoms with E-state index in [0.717, 1.165) is 31.9 Å². The molecular formula is C19H23NO. The van der Waals surface area contributed by atoms with Gasteiger partial charge in [0.2, 0.25) is 0 Å². The highest BCUT2D eigenvalue weighted by atomic mass is 16.5. The number of hydrogen-bond acceptors (Lipinski definition) is 2. The molecule has 21 heavy (non-hydrogen) atoms. The molecule has 0 bridgehead atoms. The topological polar surface area (TPSA) is 21.3 Å². The van der Waals surface area contributed by atoms with Crippen molar-refractivity contribution in [1.29, 1.82) is 0 Å². The van der Waals surface area contributed by atoms with E-state index in [1.54, 1.807) is 0 Å². The molecule has 3 rings (SSSR count). The molecule has 2 aromatic rings. The van der Waals surface area contributed by atoms with E-state index in [9.17, 15) is 0 Å². The molecule has 1 fully saturated rings. The van der Waals surface area contributed by atoms with Crippen LogP contribution in [0.4, 0.5) is 0 Å². The van der Waals surface area contributed by atoms with Crippen LogP contribution >= 0.6 is 0 Å². The lowest BCUT2D eigenvalue weighted by Gasteiger charge is -2.22. The molecular weight excluding hydrogens is 258 g/mol. The summed E-state index contributed by atoms with van der Waals surface area (Å²) in [4.78, 5) is 0. The van der Waals surface area contributed by atoms with Gasteiger partial charge in [-0.3, -0.25) is 0 Å². The fourth-order valence-electron chi connectivity index (χ4n) is 2.80. The maximum absolute atomic E-state index is 5.92. The highest BCUT2D eigenvalue weighted by Crippen LogP contribution is 2.18. The van der Waals surface area contributed by atoms with Crippen LogP contribution in [0.2, 0.25) is 0 Å². The Bertz CT molecular complexity index is 529. The van der Waals surface area contributed by atoms with E-state index in [4.69, 9.17) is 4.74 Å². The fraction of sp³-hybridized carbons (Fsp3) is 0.368. The minimum Gasteiger partial charge on any atom is -0.493 e. The van der Waals surface area contributed by atoms with E-state index in [2.05, 4.69) is 59.9 Å². The lowest BCUT2D eigenvalue weighted by molar-refractivity contribution is 0.215. The van der Waals surface area contributed by atoms with Gasteiger partial charge in [0.15, 0.2) is 0 Å². The lowest BCUT2D eigenvalue weighted by atomic mass is 9.99. The smallest absolute Gasteiger partial charge is 0.119 e. The van der Waals surface area contributed by atoms with Crippen LogP contribution in [0.1, 0.15) is 24.0 Å². The second-order valence-electron chi connectivity index (χ2n) is 5.81. The molecule has 1 aliphatic rings. The monoisotopic (exact) mass is 281 g/mol. The number of ether oxygens (including phenoxy) is 1. The third-order valence-corrected chi connectivity index (χ3v) is 4.12. The second-order valence-corrected chi connectivity index (χ2v) is 5.81. The van der Waals surface area contributed by atoms with Crippen LogP contribution in [-0.2, 0) is 6.42 Å². The zero-order chi connectivity index (χ0) is 14.3. The molecule has 0 amide bonds. The minimum absolute atomic E-state index is 0.704. The van der Waals surface area contributed by atoms with Gasteiger partial charge in [-0.15, -0.1) is 0 Å². The summed E-state index contributed by atoms with van der Waals surface area (Å²) in [6.07, 6.45) is 3.44. The van der Waals surface area contributed by atoms with Crippen molar-refractivity contribution >= 4 is 0 Å². The van der Waals surface area contributed by atoms with Crippen molar-refractivity contribution in [3.8, 4) is 5.75 Å². The minimum atomic E-state index is 0.704. The molecule has 1 saturated heterocycles. The zero-order valence-electron chi connectivity index (χ0n) is 12.4. The standard InChI is InChI=1S/C19H23NO/c1-2-4-16(5-3-1)14-17-6-8-19(9-7-17)21-15-18-10-12-20-13-11-18/h1-9,18,20H,10-15H2. The molecule has 2 aromatic carbocycles. The Morgan fingerprint density at radius 2 is 1.52 bits per heavy atom. The highest BCUT2D eigenvalue weighted by Gasteiger charge is 2.13. The average molecular weight is 281 g/mol. The van der Waals surface area contributed by atoms with Crippen LogP contribution in [0, 0.1) is 5.92 Å². The molecule has 0 unspecified atom stereocenters. The molecule has 1 heterocycles. The Morgan fingerprint density at radius 1 is 0.857 bits per heavy atom. The predicted octanol–water partition coefficient (Wildman–Crippen LogP) is 3.66. The van der Waals surface area contributed by atoms with Gasteiger partial charge in [0, 0.05) is 0 Å². The summed E-state index contributed by atoms with van der Waals surface area (Å²) in [5.74, 6) is 1.69. The van der Waals surface area contributed by atoms with Crippen LogP contribution in [0.15, 0.2) is 54.6 Å². The number of rotatable bonds is 5. The summed E-state index contributed by atoms with van der Waals surface area (Å²) < 4.78 is 5.92. The van der Waals surface area contributed by atoms with Gasteiger partial charge in [-0.1, -0.05) is 42.5 Å². The molecule has 0 aliphatic carbocycles. The molecule has 0 saturated carbocycles. The van der Waals surface area contributed by atoms with Crippen LogP contribution in [0.3, 0.4) is 0 Å². The van der Waals surface area contributed by atoms with Crippen molar-refractivity contribution < 1.29 is 4.74 Å². The van der Waals surface area contributed by atoms with Crippen molar-refractivity contribution in [2.75, 3.05) is 19.7 Å². The van der Waals surface area contributed by atoms with Gasteiger partial charge < -0.3 is 10.1 Å². The number of piperidine rings is 1. The first-order valence-electron chi connectivity index (χ1n) is 7.86. The normalized spacial score (nSPS) is 15.8. The van der Waals surface area contributed by atoms with Gasteiger partial charge in [0.1, 0.15) is 5.75 Å². The Hall–Kier alpha value is -1.80. The van der Waals surface area contributed by atoms with Crippen LogP contribution in [-0.4, -0.2) is 19.7 Å². The Kier molecular flexibility index (Phi) is 4.90. The summed E-state index contributed by atoms with van der Waals surface area (Å²) in [6.45, 7) is 3.10. The number of hydrogen-bond donors (Lipinski definition) is 1. The third-order valence-electron chi connectivity index (χ3n) is 4.12. The van der Waals surface area contributed by atoms with Crippen molar-refractivity contribution in [3.63, 3.8) is 0 Å². The molecule has 0 spiro atoms. The Morgan fingerprint density at radius 3 is 2.24 bits per heavy atom. The van der Waals surface area contributed by atoms with Crippen LogP contribution < -0.4 is 10.1 Å². The van der Waals surface area contributed by atoms with Gasteiger partial charge in [-0.2, -0.15) is 0 Å². The first-order chi connectivity index (χ1) is 10.4. The highest BCUT2D eigenvalue weighted by molar-refractivity contribution is 5.31. The average Bonchev–Trinajstić information content (AvgIpc) is 2.56. The number of benzene rings is 2. The molecule has 0 atom stereocenters. The summed E-state index contributed by atoms with van der Waals surface area (Å²) in [6, 6.07) is 19.1. The summed E-state index contributed by atoms with van der Waals surface area (Å²) in [5, 5.41) is 3.39. The van der Waals surface area contributed by atoms with E-state index >= 15 is 0 Å². The summed E-state index contributed by atoms with van der Waals surface area (Å²) in [5.41, 5.74) is 2.68. The van der Waals surface area contributed by atoms with Crippen LogP contribution in [0.25, 0.3) is 0 Å². The van der Waals surface area contributed by atoms with Crippen molar-refractivity contribution in [3.05, 3.63) is 65.7 Å². The zero-order valence-corrected chi connectivity index (χ0v) is 12.4. The maximum Gasteiger partial charge on any atom is 0.119 e. The number of nitrogens with one attached hydrogen (secondary N) is 1. The Labute approximate surface area is 127 Å². The quantitative estimate of drug-likeness (QED) is 0.903. The molecule has 1 N–H and O–H groups in total. The van der Waals surface area contributed by atoms with E-state index in [1.807, 2.05) is 0 Å². The van der Waals surface area contributed by atoms with Crippen LogP contribution in [0.5, 0.6) is 5.75 Å². The van der Waals surface area contributed by atoms with E-state index in [0.29, 0.717) is 5.92 Å². The molecule has 0 aromatic heterocycles. The molecule has 0 radical (unpaired) electrons. The summed E-state index contributed by atoms with van der Waals surface area (Å²) >= 11 is 0. The van der Waals surface area contributed by atoms with Gasteiger partial charge >= 0.3 is 0 Å². The molecule has 1 aliphatic heterocycles. The van der Waals surface area contributed by atoms with Gasteiger partial charge in [-0.05, 0) is 61.5 Å². The lowest BCUT2D eigenvalue weighted by Crippen LogP contribution is -2.30. The fourth-order valence-corrected chi connectivity index (χ4v) is 2.80. The van der Waals surface area contributed by atoms with Crippen molar-refractivity contribution in [1.82, 2.24) is 5.32 Å². The summed E-state index contributed by atoms with van der Waals surface area (Å²) in [7, 11) is 0.